The predicted molar refractivity (Wildman–Crippen MR) is 137 cm³/mol. The number of nitrogens with zero attached hydrogens (tertiary/aromatic N) is 1. The second-order valence-corrected chi connectivity index (χ2v) is 9.19. The molecule has 0 amide bonds. The molecule has 6 heteroatoms. The molecule has 172 valence electrons. The van der Waals surface area contributed by atoms with Crippen molar-refractivity contribution in [2.45, 2.75) is 13.5 Å². The van der Waals surface area contributed by atoms with Gasteiger partial charge in [0.2, 0.25) is 0 Å². The van der Waals surface area contributed by atoms with Crippen LogP contribution in [0.3, 0.4) is 0 Å². The zero-order chi connectivity index (χ0) is 24.1. The third-order valence-corrected chi connectivity index (χ3v) is 6.44. The fraction of sp³-hybridized carbons (Fsp3) is 0.107. The number of carboxylic acids is 1. The van der Waals surface area contributed by atoms with E-state index < -0.39 is 17.0 Å². The molecule has 1 unspecified atom stereocenters. The molecule has 4 aromatic carbocycles. The highest BCUT2D eigenvalue weighted by atomic mass is 32.2. The first-order chi connectivity index (χ1) is 16.4. The van der Waals surface area contributed by atoms with E-state index in [0.29, 0.717) is 6.54 Å². The lowest BCUT2D eigenvalue weighted by Crippen LogP contribution is -2.24. The average Bonchev–Trinajstić information content (AvgIpc) is 2.84. The fourth-order valence-electron chi connectivity index (χ4n) is 3.70. The monoisotopic (exact) mass is 471 g/mol. The van der Waals surface area contributed by atoms with Crippen LogP contribution < -0.4 is 9.04 Å². The third-order valence-electron chi connectivity index (χ3n) is 5.48. The molecule has 0 bridgehead atoms. The minimum atomic E-state index is -1.25. The van der Waals surface area contributed by atoms with Crippen LogP contribution in [-0.4, -0.2) is 21.5 Å². The molecule has 1 N–H and O–H groups in total. The van der Waals surface area contributed by atoms with Crippen LogP contribution in [0.5, 0.6) is 11.5 Å². The second kappa shape index (κ2) is 10.4. The van der Waals surface area contributed by atoms with Crippen LogP contribution in [0.15, 0.2) is 97.1 Å². The lowest BCUT2D eigenvalue weighted by atomic mass is 10.00. The zero-order valence-electron chi connectivity index (χ0n) is 19.0. The quantitative estimate of drug-likeness (QED) is 0.321. The number of para-hydroxylation sites is 1. The van der Waals surface area contributed by atoms with E-state index in [2.05, 4.69) is 0 Å². The first-order valence-electron chi connectivity index (χ1n) is 10.8. The van der Waals surface area contributed by atoms with E-state index in [4.69, 9.17) is 9.84 Å². The molecule has 0 aliphatic rings. The number of carbonyl (C=O) groups is 1. The largest absolute Gasteiger partial charge is 0.478 e. The van der Waals surface area contributed by atoms with Gasteiger partial charge in [-0.2, -0.15) is 0 Å². The van der Waals surface area contributed by atoms with E-state index in [1.807, 2.05) is 79.7 Å². The summed E-state index contributed by atoms with van der Waals surface area (Å²) in [5.74, 6) is 0.597. The molecular weight excluding hydrogens is 446 g/mol. The summed E-state index contributed by atoms with van der Waals surface area (Å²) in [5.41, 5.74) is 5.17. The highest BCUT2D eigenvalue weighted by Crippen LogP contribution is 2.31. The minimum Gasteiger partial charge on any atom is -0.478 e. The lowest BCUT2D eigenvalue weighted by Gasteiger charge is -2.23. The number of ether oxygens (including phenoxy) is 1. The summed E-state index contributed by atoms with van der Waals surface area (Å²) in [6.07, 6.45) is 1.64. The van der Waals surface area contributed by atoms with E-state index in [1.54, 1.807) is 34.8 Å². The van der Waals surface area contributed by atoms with Gasteiger partial charge in [0.1, 0.15) is 22.5 Å². The van der Waals surface area contributed by atoms with E-state index in [0.717, 1.165) is 39.4 Å². The standard InChI is InChI=1S/C28H25NO4S/c1-20-18-24(29(34(2)32)19-21-8-10-23(11-9-21)28(30)31)14-17-27(20)22-12-15-26(16-13-22)33-25-6-4-3-5-7-25/h3-18H,19H2,1-2H3,(H,30,31). The van der Waals surface area contributed by atoms with Gasteiger partial charge in [0.05, 0.1) is 12.1 Å². The van der Waals surface area contributed by atoms with Crippen LogP contribution in [0.25, 0.3) is 11.1 Å². The first kappa shape index (κ1) is 23.3. The SMILES string of the molecule is Cc1cc(N(Cc2ccc(C(=O)O)cc2)S(C)=O)ccc1-c1ccc(Oc2ccccc2)cc1. The molecule has 0 aliphatic heterocycles. The van der Waals surface area contributed by atoms with Gasteiger partial charge in [0, 0.05) is 11.9 Å². The van der Waals surface area contributed by atoms with Crippen LogP contribution in [0.1, 0.15) is 21.5 Å². The molecule has 0 heterocycles. The Bertz CT molecular complexity index is 1300. The van der Waals surface area contributed by atoms with Crippen molar-refractivity contribution >= 4 is 22.6 Å². The average molecular weight is 472 g/mol. The van der Waals surface area contributed by atoms with E-state index in [-0.39, 0.29) is 5.56 Å². The first-order valence-corrected chi connectivity index (χ1v) is 12.3. The van der Waals surface area contributed by atoms with Crippen LogP contribution in [0, 0.1) is 6.92 Å². The topological polar surface area (TPSA) is 66.8 Å². The van der Waals surface area contributed by atoms with Gasteiger partial charge in [0.25, 0.3) is 0 Å². The number of anilines is 1. The second-order valence-electron chi connectivity index (χ2n) is 7.90. The Hall–Kier alpha value is -3.90. The Balaban J connectivity index is 1.52. The van der Waals surface area contributed by atoms with Gasteiger partial charge in [-0.15, -0.1) is 0 Å². The van der Waals surface area contributed by atoms with E-state index >= 15 is 0 Å². The number of aromatic carboxylic acids is 1. The highest BCUT2D eigenvalue weighted by molar-refractivity contribution is 7.85. The summed E-state index contributed by atoms with van der Waals surface area (Å²) >= 11 is 0. The maximum atomic E-state index is 12.5. The van der Waals surface area contributed by atoms with Gasteiger partial charge < -0.3 is 9.84 Å². The number of hydrogen-bond acceptors (Lipinski definition) is 3. The molecule has 0 aromatic heterocycles. The number of rotatable bonds is 8. The van der Waals surface area contributed by atoms with Crippen LogP contribution >= 0.6 is 0 Å². The van der Waals surface area contributed by atoms with Crippen LogP contribution in [0.4, 0.5) is 5.69 Å². The third kappa shape index (κ3) is 5.53. The van der Waals surface area contributed by atoms with Gasteiger partial charge >= 0.3 is 5.97 Å². The molecule has 4 rings (SSSR count). The summed E-state index contributed by atoms with van der Waals surface area (Å²) in [7, 11) is -1.25. The summed E-state index contributed by atoms with van der Waals surface area (Å²) in [6.45, 7) is 2.44. The van der Waals surface area contributed by atoms with Crippen molar-refractivity contribution in [3.63, 3.8) is 0 Å². The molecule has 1 atom stereocenters. The van der Waals surface area contributed by atoms with Gasteiger partial charge in [0.15, 0.2) is 0 Å². The lowest BCUT2D eigenvalue weighted by molar-refractivity contribution is 0.0697. The van der Waals surface area contributed by atoms with Crippen molar-refractivity contribution in [2.24, 2.45) is 0 Å². The van der Waals surface area contributed by atoms with Crippen molar-refractivity contribution in [2.75, 3.05) is 10.6 Å². The molecule has 0 spiro atoms. The molecule has 0 saturated heterocycles. The summed E-state index contributed by atoms with van der Waals surface area (Å²) in [5, 5.41) is 9.09. The van der Waals surface area contributed by atoms with E-state index in [9.17, 15) is 9.00 Å². The van der Waals surface area contributed by atoms with Crippen molar-refractivity contribution in [1.29, 1.82) is 0 Å². The summed E-state index contributed by atoms with van der Waals surface area (Å²) < 4.78 is 20.2. The zero-order valence-corrected chi connectivity index (χ0v) is 19.8. The smallest absolute Gasteiger partial charge is 0.335 e. The number of benzene rings is 4. The van der Waals surface area contributed by atoms with Crippen LogP contribution in [-0.2, 0) is 17.5 Å². The van der Waals surface area contributed by atoms with Crippen molar-refractivity contribution in [3.8, 4) is 22.6 Å². The normalized spacial score (nSPS) is 11.6. The van der Waals surface area contributed by atoms with Crippen molar-refractivity contribution in [3.05, 3.63) is 114 Å². The van der Waals surface area contributed by atoms with Gasteiger partial charge in [-0.05, 0) is 77.7 Å². The molecule has 0 aliphatic carbocycles. The summed E-state index contributed by atoms with van der Waals surface area (Å²) in [6, 6.07) is 30.3. The molecule has 5 nitrogen and oxygen atoms in total. The Labute approximate surface area is 201 Å². The maximum absolute atomic E-state index is 12.5. The molecule has 0 radical (unpaired) electrons. The van der Waals surface area contributed by atoms with Gasteiger partial charge in [-0.3, -0.25) is 4.31 Å². The molecule has 4 aromatic rings. The Kier molecular flexibility index (Phi) is 7.09. The minimum absolute atomic E-state index is 0.230. The van der Waals surface area contributed by atoms with Gasteiger partial charge in [-0.25, -0.2) is 9.00 Å². The maximum Gasteiger partial charge on any atom is 0.335 e. The number of aryl methyl sites for hydroxylation is 1. The Morgan fingerprint density at radius 1 is 0.882 bits per heavy atom. The number of carboxylic acid groups (broad SMARTS) is 1. The summed E-state index contributed by atoms with van der Waals surface area (Å²) in [4.78, 5) is 11.1. The van der Waals surface area contributed by atoms with E-state index in [1.165, 1.54) is 0 Å². The Morgan fingerprint density at radius 2 is 1.53 bits per heavy atom. The van der Waals surface area contributed by atoms with Gasteiger partial charge in [-0.1, -0.05) is 48.5 Å². The Morgan fingerprint density at radius 3 is 2.12 bits per heavy atom. The van der Waals surface area contributed by atoms with Crippen molar-refractivity contribution < 1.29 is 18.8 Å². The van der Waals surface area contributed by atoms with Crippen LogP contribution in [0.2, 0.25) is 0 Å². The van der Waals surface area contributed by atoms with Crippen molar-refractivity contribution in [1.82, 2.24) is 0 Å². The highest BCUT2D eigenvalue weighted by Gasteiger charge is 2.14. The molecule has 0 saturated carbocycles. The molecule has 34 heavy (non-hydrogen) atoms. The molecular formula is C28H25NO4S. The molecule has 0 fully saturated rings. The fourth-order valence-corrected chi connectivity index (χ4v) is 4.44. The number of hydrogen-bond donors (Lipinski definition) is 1. The predicted octanol–water partition coefficient (Wildman–Crippen LogP) is 6.45.